The minimum absolute atomic E-state index is 0.132. The Balaban J connectivity index is 1.61. The summed E-state index contributed by atoms with van der Waals surface area (Å²) in [6.45, 7) is -0.502. The number of methoxy groups -OCH3 is 1. The standard InChI is InChI=1S/C23H21NO9/c1-31-14-4-2-13(3-5-14)10-19-22(28)16-7-6-15(11-18(16)33-19)32-12-20(25)24-17(23(29)30)8-9-21(26)27/h2-7,10-11,17H,8-9,12H2,1H3,(H,24,25)(H,26,27)(H,29,30). The summed E-state index contributed by atoms with van der Waals surface area (Å²) < 4.78 is 16.1. The van der Waals surface area contributed by atoms with Gasteiger partial charge in [0.1, 0.15) is 23.3 Å². The van der Waals surface area contributed by atoms with Crippen molar-refractivity contribution >= 4 is 29.7 Å². The molecule has 3 N–H and O–H groups in total. The molecule has 0 saturated heterocycles. The summed E-state index contributed by atoms with van der Waals surface area (Å²) in [6, 6.07) is 10.2. The number of allylic oxidation sites excluding steroid dienone is 1. The largest absolute Gasteiger partial charge is 0.497 e. The number of ether oxygens (including phenoxy) is 3. The van der Waals surface area contributed by atoms with E-state index in [1.165, 1.54) is 18.2 Å². The average Bonchev–Trinajstić information content (AvgIpc) is 3.09. The molecule has 1 heterocycles. The number of carbonyl (C=O) groups excluding carboxylic acids is 2. The van der Waals surface area contributed by atoms with Crippen LogP contribution in [0.1, 0.15) is 28.8 Å². The first-order valence-electron chi connectivity index (χ1n) is 9.86. The van der Waals surface area contributed by atoms with E-state index in [4.69, 9.17) is 24.4 Å². The smallest absolute Gasteiger partial charge is 0.326 e. The molecule has 2 aromatic carbocycles. The van der Waals surface area contributed by atoms with Crippen LogP contribution in [0.2, 0.25) is 0 Å². The molecule has 0 fully saturated rings. The molecule has 0 aliphatic carbocycles. The highest BCUT2D eigenvalue weighted by atomic mass is 16.5. The number of rotatable bonds is 10. The van der Waals surface area contributed by atoms with Crippen molar-refractivity contribution in [2.24, 2.45) is 0 Å². The van der Waals surface area contributed by atoms with Crippen LogP contribution < -0.4 is 19.5 Å². The molecule has 0 saturated carbocycles. The number of amides is 1. The lowest BCUT2D eigenvalue weighted by Crippen LogP contribution is -2.43. The second-order valence-corrected chi connectivity index (χ2v) is 7.05. The quantitative estimate of drug-likeness (QED) is 0.458. The van der Waals surface area contributed by atoms with Crippen molar-refractivity contribution in [1.82, 2.24) is 5.32 Å². The summed E-state index contributed by atoms with van der Waals surface area (Å²) in [5, 5.41) is 20.0. The van der Waals surface area contributed by atoms with Gasteiger partial charge in [0.05, 0.1) is 12.7 Å². The molecule has 1 unspecified atom stereocenters. The van der Waals surface area contributed by atoms with E-state index in [1.807, 2.05) is 0 Å². The first-order chi connectivity index (χ1) is 15.8. The Morgan fingerprint density at radius 2 is 1.79 bits per heavy atom. The van der Waals surface area contributed by atoms with Crippen LogP contribution in [0.25, 0.3) is 6.08 Å². The van der Waals surface area contributed by atoms with E-state index in [-0.39, 0.29) is 29.5 Å². The zero-order valence-corrected chi connectivity index (χ0v) is 17.6. The third-order valence-corrected chi connectivity index (χ3v) is 4.71. The van der Waals surface area contributed by atoms with Crippen LogP contribution in [-0.4, -0.2) is 53.6 Å². The van der Waals surface area contributed by atoms with Gasteiger partial charge in [0.2, 0.25) is 5.78 Å². The molecule has 10 heteroatoms. The highest BCUT2D eigenvalue weighted by molar-refractivity contribution is 6.14. The van der Waals surface area contributed by atoms with Crippen LogP contribution in [0.15, 0.2) is 48.2 Å². The fraction of sp³-hybridized carbons (Fsp3) is 0.217. The van der Waals surface area contributed by atoms with E-state index in [2.05, 4.69) is 5.32 Å². The van der Waals surface area contributed by atoms with Gasteiger partial charge >= 0.3 is 11.9 Å². The molecule has 1 aliphatic rings. The number of benzene rings is 2. The van der Waals surface area contributed by atoms with Crippen LogP contribution in [0, 0.1) is 0 Å². The van der Waals surface area contributed by atoms with Gasteiger partial charge in [-0.15, -0.1) is 0 Å². The molecule has 172 valence electrons. The predicted octanol–water partition coefficient (Wildman–Crippen LogP) is 2.12. The number of hydrogen-bond donors (Lipinski definition) is 3. The third kappa shape index (κ3) is 6.10. The van der Waals surface area contributed by atoms with E-state index in [1.54, 1.807) is 37.5 Å². The van der Waals surface area contributed by atoms with Crippen LogP contribution in [0.5, 0.6) is 17.2 Å². The molecular weight excluding hydrogens is 434 g/mol. The van der Waals surface area contributed by atoms with E-state index in [0.29, 0.717) is 11.3 Å². The highest BCUT2D eigenvalue weighted by Crippen LogP contribution is 2.35. The van der Waals surface area contributed by atoms with Crippen molar-refractivity contribution in [3.8, 4) is 17.2 Å². The highest BCUT2D eigenvalue weighted by Gasteiger charge is 2.28. The van der Waals surface area contributed by atoms with E-state index >= 15 is 0 Å². The minimum Gasteiger partial charge on any atom is -0.497 e. The predicted molar refractivity (Wildman–Crippen MR) is 114 cm³/mol. The molecular formula is C23H21NO9. The van der Waals surface area contributed by atoms with Crippen molar-refractivity contribution in [3.63, 3.8) is 0 Å². The van der Waals surface area contributed by atoms with Gasteiger partial charge in [0, 0.05) is 12.5 Å². The number of carbonyl (C=O) groups is 4. The maximum atomic E-state index is 12.6. The second kappa shape index (κ2) is 10.3. The first kappa shape index (κ1) is 23.3. The van der Waals surface area contributed by atoms with Crippen LogP contribution >= 0.6 is 0 Å². The van der Waals surface area contributed by atoms with Crippen molar-refractivity contribution in [2.75, 3.05) is 13.7 Å². The zero-order valence-electron chi connectivity index (χ0n) is 17.6. The van der Waals surface area contributed by atoms with Gasteiger partial charge in [-0.05, 0) is 42.3 Å². The molecule has 1 atom stereocenters. The van der Waals surface area contributed by atoms with Gasteiger partial charge in [-0.25, -0.2) is 4.79 Å². The van der Waals surface area contributed by atoms with Gasteiger partial charge in [-0.1, -0.05) is 12.1 Å². The number of Topliss-reactive ketones (excluding diaryl/α,β-unsaturated/α-hetero) is 1. The molecule has 1 aliphatic heterocycles. The Morgan fingerprint density at radius 3 is 2.42 bits per heavy atom. The van der Waals surface area contributed by atoms with Gasteiger partial charge in [0.25, 0.3) is 5.91 Å². The number of ketones is 1. The minimum atomic E-state index is -1.34. The number of nitrogens with one attached hydrogen (secondary N) is 1. The maximum Gasteiger partial charge on any atom is 0.326 e. The monoisotopic (exact) mass is 455 g/mol. The lowest BCUT2D eigenvalue weighted by molar-refractivity contribution is -0.143. The topological polar surface area (TPSA) is 148 Å². The fourth-order valence-electron chi connectivity index (χ4n) is 3.02. The summed E-state index contributed by atoms with van der Waals surface area (Å²) in [5.74, 6) is -2.22. The number of fused-ring (bicyclic) bond motifs is 1. The molecule has 3 rings (SSSR count). The van der Waals surface area contributed by atoms with E-state index in [9.17, 15) is 19.2 Å². The van der Waals surface area contributed by atoms with Gasteiger partial charge in [-0.2, -0.15) is 0 Å². The maximum absolute atomic E-state index is 12.6. The summed E-state index contributed by atoms with van der Waals surface area (Å²) in [7, 11) is 1.56. The Hall–Kier alpha value is -4.34. The van der Waals surface area contributed by atoms with Crippen LogP contribution in [0.3, 0.4) is 0 Å². The van der Waals surface area contributed by atoms with Gasteiger partial charge < -0.3 is 29.7 Å². The Labute approximate surface area is 188 Å². The Morgan fingerprint density at radius 1 is 1.09 bits per heavy atom. The van der Waals surface area contributed by atoms with Gasteiger partial charge in [-0.3, -0.25) is 14.4 Å². The summed E-state index contributed by atoms with van der Waals surface area (Å²) in [6.07, 6.45) is 0.939. The van der Waals surface area contributed by atoms with Crippen LogP contribution in [-0.2, 0) is 14.4 Å². The van der Waals surface area contributed by atoms with Crippen molar-refractivity contribution in [3.05, 3.63) is 59.4 Å². The fourth-order valence-corrected chi connectivity index (χ4v) is 3.02. The van der Waals surface area contributed by atoms with Crippen molar-refractivity contribution in [2.45, 2.75) is 18.9 Å². The van der Waals surface area contributed by atoms with E-state index < -0.39 is 36.9 Å². The number of carboxylic acids is 2. The van der Waals surface area contributed by atoms with Gasteiger partial charge in [0.15, 0.2) is 12.4 Å². The summed E-state index contributed by atoms with van der Waals surface area (Å²) >= 11 is 0. The molecule has 0 radical (unpaired) electrons. The average molecular weight is 455 g/mol. The lowest BCUT2D eigenvalue weighted by atomic mass is 10.1. The molecule has 2 aromatic rings. The van der Waals surface area contributed by atoms with E-state index in [0.717, 1.165) is 5.56 Å². The molecule has 10 nitrogen and oxygen atoms in total. The second-order valence-electron chi connectivity index (χ2n) is 7.05. The molecule has 1 amide bonds. The van der Waals surface area contributed by atoms with Crippen molar-refractivity contribution < 1.29 is 43.6 Å². The third-order valence-electron chi connectivity index (χ3n) is 4.71. The normalized spacial score (nSPS) is 14.2. The Kier molecular flexibility index (Phi) is 7.29. The molecule has 0 bridgehead atoms. The molecule has 0 spiro atoms. The molecule has 0 aromatic heterocycles. The number of hydrogen-bond acceptors (Lipinski definition) is 7. The SMILES string of the molecule is COc1ccc(C=C2Oc3cc(OCC(=O)NC(CCC(=O)O)C(=O)O)ccc3C2=O)cc1. The first-order valence-corrected chi connectivity index (χ1v) is 9.86. The van der Waals surface area contributed by atoms with Crippen LogP contribution in [0.4, 0.5) is 0 Å². The molecule has 33 heavy (non-hydrogen) atoms. The zero-order chi connectivity index (χ0) is 24.0. The Bertz CT molecular complexity index is 1110. The number of carboxylic acid groups (broad SMARTS) is 2. The summed E-state index contributed by atoms with van der Waals surface area (Å²) in [5.41, 5.74) is 1.09. The van der Waals surface area contributed by atoms with Crippen molar-refractivity contribution in [1.29, 1.82) is 0 Å². The number of aliphatic carboxylic acids is 2. The summed E-state index contributed by atoms with van der Waals surface area (Å²) in [4.78, 5) is 46.4. The lowest BCUT2D eigenvalue weighted by Gasteiger charge is -2.14.